The van der Waals surface area contributed by atoms with E-state index in [1.54, 1.807) is 21.3 Å². The van der Waals surface area contributed by atoms with Crippen molar-refractivity contribution in [1.82, 2.24) is 5.32 Å². The van der Waals surface area contributed by atoms with Crippen LogP contribution >= 0.6 is 0 Å². The van der Waals surface area contributed by atoms with Gasteiger partial charge in [0.15, 0.2) is 0 Å². The number of amides is 1. The molecular formula is C11H25NO4Si. The second-order valence-electron chi connectivity index (χ2n) is 3.94. The van der Waals surface area contributed by atoms with E-state index in [2.05, 4.69) is 5.32 Å². The van der Waals surface area contributed by atoms with Crippen LogP contribution in [0.3, 0.4) is 0 Å². The van der Waals surface area contributed by atoms with Crippen molar-refractivity contribution in [2.45, 2.75) is 38.7 Å². The van der Waals surface area contributed by atoms with Gasteiger partial charge in [-0.3, -0.25) is 4.79 Å². The van der Waals surface area contributed by atoms with Crippen molar-refractivity contribution in [3.63, 3.8) is 0 Å². The van der Waals surface area contributed by atoms with Gasteiger partial charge in [0.05, 0.1) is 0 Å². The lowest BCUT2D eigenvalue weighted by Crippen LogP contribution is -2.42. The SMILES string of the molecule is CO[Si](CCCCCCNC(C)=O)(OC)OC. The Morgan fingerprint density at radius 2 is 1.53 bits per heavy atom. The molecular weight excluding hydrogens is 238 g/mol. The molecule has 5 nitrogen and oxygen atoms in total. The minimum atomic E-state index is -2.37. The van der Waals surface area contributed by atoms with Crippen LogP contribution in [-0.4, -0.2) is 42.6 Å². The predicted octanol–water partition coefficient (Wildman–Crippen LogP) is 1.56. The minimum Gasteiger partial charge on any atom is -0.377 e. The Morgan fingerprint density at radius 3 is 2.00 bits per heavy atom. The third kappa shape index (κ3) is 7.48. The first-order valence-corrected chi connectivity index (χ1v) is 7.93. The van der Waals surface area contributed by atoms with E-state index in [9.17, 15) is 4.79 Å². The molecule has 0 radical (unpaired) electrons. The van der Waals surface area contributed by atoms with Gasteiger partial charge in [-0.2, -0.15) is 0 Å². The maximum atomic E-state index is 10.6. The van der Waals surface area contributed by atoms with Crippen LogP contribution in [0.4, 0.5) is 0 Å². The highest BCUT2D eigenvalue weighted by Crippen LogP contribution is 2.17. The molecule has 0 aromatic heterocycles. The summed E-state index contributed by atoms with van der Waals surface area (Å²) in [5, 5.41) is 2.78. The monoisotopic (exact) mass is 263 g/mol. The zero-order valence-electron chi connectivity index (χ0n) is 11.4. The predicted molar refractivity (Wildman–Crippen MR) is 68.7 cm³/mol. The molecule has 1 N–H and O–H groups in total. The van der Waals surface area contributed by atoms with E-state index in [4.69, 9.17) is 13.3 Å². The number of rotatable bonds is 10. The molecule has 0 aliphatic rings. The summed E-state index contributed by atoms with van der Waals surface area (Å²) in [6.45, 7) is 2.30. The number of carbonyl (C=O) groups is 1. The highest BCUT2D eigenvalue weighted by Gasteiger charge is 2.36. The maximum absolute atomic E-state index is 10.6. The minimum absolute atomic E-state index is 0.0366. The van der Waals surface area contributed by atoms with Gasteiger partial charge in [0.1, 0.15) is 0 Å². The molecule has 0 aromatic carbocycles. The fraction of sp³-hybridized carbons (Fsp3) is 0.909. The van der Waals surface area contributed by atoms with Crippen LogP contribution in [0.25, 0.3) is 0 Å². The summed E-state index contributed by atoms with van der Waals surface area (Å²) >= 11 is 0. The van der Waals surface area contributed by atoms with Gasteiger partial charge >= 0.3 is 8.80 Å². The van der Waals surface area contributed by atoms with Gasteiger partial charge in [-0.25, -0.2) is 0 Å². The molecule has 0 rings (SSSR count). The molecule has 0 aliphatic heterocycles. The van der Waals surface area contributed by atoms with E-state index in [0.717, 1.165) is 38.3 Å². The summed E-state index contributed by atoms with van der Waals surface area (Å²) in [5.41, 5.74) is 0. The quantitative estimate of drug-likeness (QED) is 0.480. The van der Waals surface area contributed by atoms with Crippen LogP contribution in [0, 0.1) is 0 Å². The Hall–Kier alpha value is -0.433. The fourth-order valence-corrected chi connectivity index (χ4v) is 3.44. The van der Waals surface area contributed by atoms with Crippen molar-refractivity contribution >= 4 is 14.7 Å². The maximum Gasteiger partial charge on any atom is 0.500 e. The lowest BCUT2D eigenvalue weighted by atomic mass is 10.2. The molecule has 1 amide bonds. The Labute approximate surface area is 105 Å². The van der Waals surface area contributed by atoms with Crippen molar-refractivity contribution < 1.29 is 18.1 Å². The molecule has 0 unspecified atom stereocenters. The van der Waals surface area contributed by atoms with Gasteiger partial charge in [0.2, 0.25) is 5.91 Å². The average molecular weight is 263 g/mol. The van der Waals surface area contributed by atoms with Crippen LogP contribution in [0.1, 0.15) is 32.6 Å². The Kier molecular flexibility index (Phi) is 9.34. The molecule has 0 fully saturated rings. The summed E-state index contributed by atoms with van der Waals surface area (Å²) in [6, 6.07) is 0.844. The first kappa shape index (κ1) is 16.6. The lowest BCUT2D eigenvalue weighted by molar-refractivity contribution is -0.118. The molecule has 102 valence electrons. The second-order valence-corrected chi connectivity index (χ2v) is 7.03. The normalized spacial score (nSPS) is 11.5. The van der Waals surface area contributed by atoms with Crippen molar-refractivity contribution in [2.24, 2.45) is 0 Å². The number of nitrogens with one attached hydrogen (secondary N) is 1. The first-order chi connectivity index (χ1) is 8.10. The largest absolute Gasteiger partial charge is 0.500 e. The van der Waals surface area contributed by atoms with Crippen LogP contribution in [0.2, 0.25) is 6.04 Å². The van der Waals surface area contributed by atoms with Gasteiger partial charge in [-0.1, -0.05) is 12.8 Å². The molecule has 0 saturated carbocycles. The van der Waals surface area contributed by atoms with Crippen molar-refractivity contribution in [3.05, 3.63) is 0 Å². The Balaban J connectivity index is 3.52. The molecule has 0 heterocycles. The van der Waals surface area contributed by atoms with Gasteiger partial charge in [-0.05, 0) is 12.8 Å². The highest BCUT2D eigenvalue weighted by molar-refractivity contribution is 6.60. The lowest BCUT2D eigenvalue weighted by Gasteiger charge is -2.24. The van der Waals surface area contributed by atoms with Gasteiger partial charge < -0.3 is 18.6 Å². The Bertz CT molecular complexity index is 201. The zero-order valence-corrected chi connectivity index (χ0v) is 12.4. The smallest absolute Gasteiger partial charge is 0.377 e. The molecule has 6 heteroatoms. The van der Waals surface area contributed by atoms with Gasteiger partial charge in [0, 0.05) is 40.8 Å². The summed E-state index contributed by atoms with van der Waals surface area (Å²) in [5.74, 6) is 0.0366. The van der Waals surface area contributed by atoms with Gasteiger partial charge in [0.25, 0.3) is 0 Å². The summed E-state index contributed by atoms with van der Waals surface area (Å²) < 4.78 is 16.0. The zero-order chi connectivity index (χ0) is 13.1. The number of hydrogen-bond acceptors (Lipinski definition) is 4. The van der Waals surface area contributed by atoms with Crippen molar-refractivity contribution in [3.8, 4) is 0 Å². The summed E-state index contributed by atoms with van der Waals surface area (Å²) in [4.78, 5) is 10.6. The Morgan fingerprint density at radius 1 is 1.00 bits per heavy atom. The van der Waals surface area contributed by atoms with Crippen LogP contribution < -0.4 is 5.32 Å². The summed E-state index contributed by atoms with van der Waals surface area (Å²) in [6.07, 6.45) is 4.25. The number of carbonyl (C=O) groups excluding carboxylic acids is 1. The van der Waals surface area contributed by atoms with Crippen LogP contribution in [0.15, 0.2) is 0 Å². The van der Waals surface area contributed by atoms with Gasteiger partial charge in [-0.15, -0.1) is 0 Å². The van der Waals surface area contributed by atoms with Crippen molar-refractivity contribution in [2.75, 3.05) is 27.9 Å². The van der Waals surface area contributed by atoms with E-state index in [0.29, 0.717) is 0 Å². The van der Waals surface area contributed by atoms with E-state index < -0.39 is 8.80 Å². The van der Waals surface area contributed by atoms with E-state index in [1.807, 2.05) is 0 Å². The molecule has 0 bridgehead atoms. The van der Waals surface area contributed by atoms with Crippen LogP contribution in [-0.2, 0) is 18.1 Å². The second kappa shape index (κ2) is 9.58. The van der Waals surface area contributed by atoms with E-state index in [-0.39, 0.29) is 5.91 Å². The third-order valence-corrected chi connectivity index (χ3v) is 5.55. The third-order valence-electron chi connectivity index (χ3n) is 2.72. The first-order valence-electron chi connectivity index (χ1n) is 6.00. The highest BCUT2D eigenvalue weighted by atomic mass is 28.4. The molecule has 0 spiro atoms. The molecule has 0 saturated heterocycles. The molecule has 0 aromatic rings. The standard InChI is InChI=1S/C11H25NO4Si/c1-11(13)12-9-7-5-6-8-10-17(14-2,15-3)16-4/h5-10H2,1-4H3,(H,12,13). The molecule has 17 heavy (non-hydrogen) atoms. The number of unbranched alkanes of at least 4 members (excludes halogenated alkanes) is 3. The topological polar surface area (TPSA) is 56.8 Å². The molecule has 0 atom stereocenters. The fourth-order valence-electron chi connectivity index (χ4n) is 1.64. The average Bonchev–Trinajstić information content (AvgIpc) is 2.33. The summed E-state index contributed by atoms with van der Waals surface area (Å²) in [7, 11) is 2.53. The van der Waals surface area contributed by atoms with Crippen molar-refractivity contribution in [1.29, 1.82) is 0 Å². The number of hydrogen-bond donors (Lipinski definition) is 1. The van der Waals surface area contributed by atoms with Crippen LogP contribution in [0.5, 0.6) is 0 Å². The van der Waals surface area contributed by atoms with E-state index >= 15 is 0 Å². The van der Waals surface area contributed by atoms with E-state index in [1.165, 1.54) is 6.92 Å². The molecule has 0 aliphatic carbocycles.